The zero-order valence-corrected chi connectivity index (χ0v) is 17.9. The fraction of sp³-hybridized carbons (Fsp3) is 0.261. The predicted molar refractivity (Wildman–Crippen MR) is 117 cm³/mol. The zero-order valence-electron chi connectivity index (χ0n) is 17.9. The Kier molecular flexibility index (Phi) is 6.07. The molecule has 0 bridgehead atoms. The van der Waals surface area contributed by atoms with Crippen LogP contribution in [0.4, 0.5) is 10.6 Å². The summed E-state index contributed by atoms with van der Waals surface area (Å²) < 4.78 is 9.98. The number of aromatic nitrogens is 2. The van der Waals surface area contributed by atoms with Crippen LogP contribution in [-0.2, 0) is 9.53 Å². The molecule has 33 heavy (non-hydrogen) atoms. The normalized spacial score (nSPS) is 13.2. The predicted octanol–water partition coefficient (Wildman–Crippen LogP) is 3.27. The van der Waals surface area contributed by atoms with Gasteiger partial charge >= 0.3 is 12.1 Å². The van der Waals surface area contributed by atoms with Gasteiger partial charge in [0.05, 0.1) is 0 Å². The minimum absolute atomic E-state index is 0.0705. The number of rotatable bonds is 7. The second-order valence-corrected chi connectivity index (χ2v) is 7.95. The number of fused-ring (bicyclic) bond motifs is 3. The van der Waals surface area contributed by atoms with Crippen LogP contribution in [0.2, 0.25) is 0 Å². The molecular weight excluding hydrogens is 428 g/mol. The van der Waals surface area contributed by atoms with Gasteiger partial charge in [-0.25, -0.2) is 14.2 Å². The van der Waals surface area contributed by atoms with E-state index in [4.69, 9.17) is 4.74 Å². The fourth-order valence-electron chi connectivity index (χ4n) is 3.87. The van der Waals surface area contributed by atoms with Crippen molar-refractivity contribution >= 4 is 23.8 Å². The summed E-state index contributed by atoms with van der Waals surface area (Å²) in [4.78, 5) is 36.2. The van der Waals surface area contributed by atoms with E-state index in [-0.39, 0.29) is 30.0 Å². The summed E-state index contributed by atoms with van der Waals surface area (Å²) in [7, 11) is 0. The van der Waals surface area contributed by atoms with Gasteiger partial charge < -0.3 is 15.2 Å². The number of amides is 2. The molecule has 4 rings (SSSR count). The van der Waals surface area contributed by atoms with Crippen molar-refractivity contribution < 1.29 is 28.9 Å². The molecule has 2 amide bonds. The third kappa shape index (κ3) is 4.40. The van der Waals surface area contributed by atoms with Crippen LogP contribution in [0.1, 0.15) is 41.4 Å². The number of anilines is 1. The Balaban J connectivity index is 1.43. The van der Waals surface area contributed by atoms with Crippen LogP contribution in [0.25, 0.3) is 11.1 Å². The Morgan fingerprint density at radius 2 is 1.64 bits per heavy atom. The highest BCUT2D eigenvalue weighted by molar-refractivity contribution is 6.01. The minimum Gasteiger partial charge on any atom is -0.480 e. The van der Waals surface area contributed by atoms with E-state index >= 15 is 0 Å². The second-order valence-electron chi connectivity index (χ2n) is 7.95. The standard InChI is InChI=1S/C23H22N4O6/c1-12(2)18(22(29)30)24-21(28)19-20(27-33-26-19)25-23(31)32-11-17-15-9-5-3-7-13(15)14-8-4-6-10-16(14)17/h3-10,12,17-18H,11H2,1-2H3,(H,24,28)(H,29,30)(H,25,27,31). The van der Waals surface area contributed by atoms with Crippen molar-refractivity contribution in [3.63, 3.8) is 0 Å². The van der Waals surface area contributed by atoms with Gasteiger partial charge in [0.1, 0.15) is 12.6 Å². The number of carbonyl (C=O) groups is 3. The molecule has 1 heterocycles. The molecule has 170 valence electrons. The second kappa shape index (κ2) is 9.11. The molecule has 10 nitrogen and oxygen atoms in total. The van der Waals surface area contributed by atoms with E-state index in [2.05, 4.69) is 25.6 Å². The first-order valence-corrected chi connectivity index (χ1v) is 10.3. The third-order valence-corrected chi connectivity index (χ3v) is 5.49. The lowest BCUT2D eigenvalue weighted by molar-refractivity contribution is -0.140. The molecule has 1 aliphatic carbocycles. The topological polar surface area (TPSA) is 144 Å². The lowest BCUT2D eigenvalue weighted by Crippen LogP contribution is -2.44. The maximum atomic E-state index is 12.4. The molecule has 0 fully saturated rings. The highest BCUT2D eigenvalue weighted by atomic mass is 16.6. The Hall–Kier alpha value is -4.21. The highest BCUT2D eigenvalue weighted by Gasteiger charge is 2.30. The average molecular weight is 450 g/mol. The molecule has 1 atom stereocenters. The van der Waals surface area contributed by atoms with Crippen LogP contribution >= 0.6 is 0 Å². The van der Waals surface area contributed by atoms with Gasteiger partial charge in [0.25, 0.3) is 5.91 Å². The average Bonchev–Trinajstić information content (AvgIpc) is 3.38. The zero-order chi connectivity index (χ0) is 23.5. The SMILES string of the molecule is CC(C)C(NC(=O)c1nonc1NC(=O)OCC1c2ccccc2-c2ccccc21)C(=O)O. The van der Waals surface area contributed by atoms with Crippen molar-refractivity contribution in [3.8, 4) is 11.1 Å². The Labute approximate surface area is 188 Å². The number of carbonyl (C=O) groups excluding carboxylic acids is 2. The summed E-state index contributed by atoms with van der Waals surface area (Å²) in [5.41, 5.74) is 3.96. The van der Waals surface area contributed by atoms with Gasteiger partial charge in [-0.05, 0) is 38.5 Å². The van der Waals surface area contributed by atoms with Crippen molar-refractivity contribution in [2.75, 3.05) is 11.9 Å². The van der Waals surface area contributed by atoms with Gasteiger partial charge in [-0.1, -0.05) is 62.4 Å². The van der Waals surface area contributed by atoms with Gasteiger partial charge in [0.15, 0.2) is 0 Å². The molecule has 0 aliphatic heterocycles. The lowest BCUT2D eigenvalue weighted by atomic mass is 9.98. The van der Waals surface area contributed by atoms with Crippen molar-refractivity contribution in [1.82, 2.24) is 15.6 Å². The van der Waals surface area contributed by atoms with Crippen molar-refractivity contribution in [3.05, 3.63) is 65.4 Å². The number of hydrogen-bond acceptors (Lipinski definition) is 7. The molecule has 2 aromatic carbocycles. The molecule has 1 unspecified atom stereocenters. The third-order valence-electron chi connectivity index (χ3n) is 5.49. The summed E-state index contributed by atoms with van der Waals surface area (Å²) in [5, 5.41) is 20.9. The highest BCUT2D eigenvalue weighted by Crippen LogP contribution is 2.44. The maximum absolute atomic E-state index is 12.4. The number of nitrogens with zero attached hydrogens (tertiary/aromatic N) is 2. The van der Waals surface area contributed by atoms with E-state index in [9.17, 15) is 19.5 Å². The number of carboxylic acid groups (broad SMARTS) is 1. The number of carboxylic acids is 1. The summed E-state index contributed by atoms with van der Waals surface area (Å²) in [6, 6.07) is 14.7. The lowest BCUT2D eigenvalue weighted by Gasteiger charge is -2.17. The largest absolute Gasteiger partial charge is 0.480 e. The first kappa shape index (κ1) is 22.0. The van der Waals surface area contributed by atoms with Gasteiger partial charge in [-0.15, -0.1) is 0 Å². The number of hydrogen-bond donors (Lipinski definition) is 3. The van der Waals surface area contributed by atoms with E-state index in [1.54, 1.807) is 13.8 Å². The maximum Gasteiger partial charge on any atom is 0.412 e. The van der Waals surface area contributed by atoms with E-state index in [0.717, 1.165) is 22.3 Å². The molecule has 0 saturated carbocycles. The molecule has 0 saturated heterocycles. The molecule has 0 spiro atoms. The minimum atomic E-state index is -1.19. The molecule has 10 heteroatoms. The van der Waals surface area contributed by atoms with Crippen LogP contribution < -0.4 is 10.6 Å². The number of aliphatic carboxylic acids is 1. The molecule has 1 aliphatic rings. The van der Waals surface area contributed by atoms with E-state index < -0.39 is 24.0 Å². The van der Waals surface area contributed by atoms with Gasteiger partial charge in [-0.2, -0.15) is 0 Å². The van der Waals surface area contributed by atoms with Crippen molar-refractivity contribution in [1.29, 1.82) is 0 Å². The van der Waals surface area contributed by atoms with Gasteiger partial charge in [0, 0.05) is 5.92 Å². The Morgan fingerprint density at radius 3 is 2.21 bits per heavy atom. The molecule has 3 N–H and O–H groups in total. The summed E-state index contributed by atoms with van der Waals surface area (Å²) >= 11 is 0. The number of ether oxygens (including phenoxy) is 1. The van der Waals surface area contributed by atoms with Crippen LogP contribution in [-0.4, -0.2) is 46.0 Å². The van der Waals surface area contributed by atoms with Crippen LogP contribution in [0.3, 0.4) is 0 Å². The van der Waals surface area contributed by atoms with Crippen LogP contribution in [0.5, 0.6) is 0 Å². The number of nitrogens with one attached hydrogen (secondary N) is 2. The fourth-order valence-corrected chi connectivity index (χ4v) is 3.87. The van der Waals surface area contributed by atoms with Gasteiger partial charge in [0.2, 0.25) is 11.5 Å². The Bertz CT molecular complexity index is 1160. The number of benzene rings is 2. The molecular formula is C23H22N4O6. The van der Waals surface area contributed by atoms with Crippen LogP contribution in [0.15, 0.2) is 53.2 Å². The van der Waals surface area contributed by atoms with E-state index in [1.807, 2.05) is 48.5 Å². The van der Waals surface area contributed by atoms with E-state index in [1.165, 1.54) is 0 Å². The first-order chi connectivity index (χ1) is 15.9. The Morgan fingerprint density at radius 1 is 1.03 bits per heavy atom. The molecule has 3 aromatic rings. The van der Waals surface area contributed by atoms with Crippen molar-refractivity contribution in [2.24, 2.45) is 5.92 Å². The van der Waals surface area contributed by atoms with Crippen LogP contribution in [0, 0.1) is 5.92 Å². The van der Waals surface area contributed by atoms with Gasteiger partial charge in [-0.3, -0.25) is 10.1 Å². The quantitative estimate of drug-likeness (QED) is 0.498. The first-order valence-electron chi connectivity index (χ1n) is 10.3. The smallest absolute Gasteiger partial charge is 0.412 e. The summed E-state index contributed by atoms with van der Waals surface area (Å²) in [6.07, 6.45) is -0.847. The summed E-state index contributed by atoms with van der Waals surface area (Å²) in [6.45, 7) is 3.37. The van der Waals surface area contributed by atoms with E-state index in [0.29, 0.717) is 0 Å². The monoisotopic (exact) mass is 450 g/mol. The van der Waals surface area contributed by atoms with Crippen molar-refractivity contribution in [2.45, 2.75) is 25.8 Å². The molecule has 1 aromatic heterocycles. The molecule has 0 radical (unpaired) electrons. The summed E-state index contributed by atoms with van der Waals surface area (Å²) in [5.74, 6) is -2.81.